The summed E-state index contributed by atoms with van der Waals surface area (Å²) in [6.07, 6.45) is 0. The number of ether oxygens (including phenoxy) is 1. The van der Waals surface area contributed by atoms with Gasteiger partial charge >= 0.3 is 0 Å². The third kappa shape index (κ3) is 2.91. The van der Waals surface area contributed by atoms with Crippen LogP contribution in [0.3, 0.4) is 0 Å². The molecule has 1 aromatic rings. The average Bonchev–Trinajstić information content (AvgIpc) is 2.58. The van der Waals surface area contributed by atoms with Crippen LogP contribution in [-0.4, -0.2) is 72.4 Å². The Bertz CT molecular complexity index is 619. The third-order valence-electron chi connectivity index (χ3n) is 4.86. The largest absolute Gasteiger partial charge is 0.497 e. The van der Waals surface area contributed by atoms with Crippen molar-refractivity contribution in [1.82, 2.24) is 14.7 Å². The summed E-state index contributed by atoms with van der Waals surface area (Å²) in [4.78, 5) is 30.4. The van der Waals surface area contributed by atoms with Crippen LogP contribution < -0.4 is 4.74 Å². The van der Waals surface area contributed by atoms with Gasteiger partial charge in [-0.15, -0.1) is 0 Å². The molecule has 23 heavy (non-hydrogen) atoms. The standard InChI is InChI=1S/C17H23N3O3/c1-12-16(21)20-8-7-19(11-15(20)17(22)18(12)2)10-13-5-4-6-14(9-13)23-3/h4-6,9,12,15H,7-8,10-11H2,1-3H3/t12-,15+/m0/s1. The van der Waals surface area contributed by atoms with Crippen molar-refractivity contribution in [2.45, 2.75) is 25.6 Å². The molecule has 3 rings (SSSR count). The Morgan fingerprint density at radius 2 is 2.00 bits per heavy atom. The average molecular weight is 317 g/mol. The molecule has 2 aliphatic heterocycles. The van der Waals surface area contributed by atoms with Crippen molar-refractivity contribution in [3.8, 4) is 5.75 Å². The normalized spacial score (nSPS) is 25.5. The number of hydrogen-bond donors (Lipinski definition) is 0. The van der Waals surface area contributed by atoms with Crippen molar-refractivity contribution >= 4 is 11.8 Å². The Balaban J connectivity index is 1.71. The van der Waals surface area contributed by atoms with Crippen LogP contribution in [0.4, 0.5) is 0 Å². The Labute approximate surface area is 136 Å². The number of hydrogen-bond acceptors (Lipinski definition) is 4. The van der Waals surface area contributed by atoms with E-state index in [1.165, 1.54) is 0 Å². The summed E-state index contributed by atoms with van der Waals surface area (Å²) in [5, 5.41) is 0. The lowest BCUT2D eigenvalue weighted by atomic mass is 10.0. The molecule has 0 spiro atoms. The van der Waals surface area contributed by atoms with E-state index < -0.39 is 0 Å². The number of piperazine rings is 2. The third-order valence-corrected chi connectivity index (χ3v) is 4.86. The van der Waals surface area contributed by atoms with E-state index >= 15 is 0 Å². The summed E-state index contributed by atoms with van der Waals surface area (Å²) in [5.74, 6) is 0.921. The zero-order valence-corrected chi connectivity index (χ0v) is 13.9. The van der Waals surface area contributed by atoms with Gasteiger partial charge in [0.25, 0.3) is 0 Å². The number of rotatable bonds is 3. The Kier molecular flexibility index (Phi) is 4.26. The molecule has 6 heteroatoms. The lowest BCUT2D eigenvalue weighted by molar-refractivity contribution is -0.163. The Morgan fingerprint density at radius 1 is 1.22 bits per heavy atom. The maximum absolute atomic E-state index is 12.5. The molecule has 124 valence electrons. The van der Waals surface area contributed by atoms with Crippen LogP contribution in [0.2, 0.25) is 0 Å². The van der Waals surface area contributed by atoms with Crippen molar-refractivity contribution in [2.75, 3.05) is 33.8 Å². The van der Waals surface area contributed by atoms with E-state index in [1.54, 1.807) is 30.9 Å². The SMILES string of the molecule is COc1cccc(CN2CCN3C(=O)[C@H](C)N(C)C(=O)[C@H]3C2)c1. The quantitative estimate of drug-likeness (QED) is 0.818. The molecule has 0 radical (unpaired) electrons. The highest BCUT2D eigenvalue weighted by Gasteiger charge is 2.44. The maximum atomic E-state index is 12.5. The second-order valence-electron chi connectivity index (χ2n) is 6.26. The fourth-order valence-corrected chi connectivity index (χ4v) is 3.32. The first-order chi connectivity index (χ1) is 11.0. The molecule has 0 bridgehead atoms. The summed E-state index contributed by atoms with van der Waals surface area (Å²) in [6.45, 7) is 4.51. The van der Waals surface area contributed by atoms with Crippen LogP contribution in [-0.2, 0) is 16.1 Å². The molecular formula is C17H23N3O3. The van der Waals surface area contributed by atoms with Gasteiger partial charge < -0.3 is 14.5 Å². The van der Waals surface area contributed by atoms with Crippen molar-refractivity contribution < 1.29 is 14.3 Å². The molecule has 2 saturated heterocycles. The molecule has 1 aromatic carbocycles. The Morgan fingerprint density at radius 3 is 2.74 bits per heavy atom. The molecular weight excluding hydrogens is 294 g/mol. The van der Waals surface area contributed by atoms with E-state index in [4.69, 9.17) is 4.74 Å². The van der Waals surface area contributed by atoms with Crippen molar-refractivity contribution in [3.63, 3.8) is 0 Å². The number of methoxy groups -OCH3 is 1. The van der Waals surface area contributed by atoms with Crippen LogP contribution in [0.15, 0.2) is 24.3 Å². The molecule has 0 N–H and O–H groups in total. The Hall–Kier alpha value is -2.08. The van der Waals surface area contributed by atoms with E-state index in [1.807, 2.05) is 18.2 Å². The number of nitrogens with zero attached hydrogens (tertiary/aromatic N) is 3. The zero-order chi connectivity index (χ0) is 16.6. The summed E-state index contributed by atoms with van der Waals surface area (Å²) < 4.78 is 5.25. The zero-order valence-electron chi connectivity index (χ0n) is 13.9. The van der Waals surface area contributed by atoms with Gasteiger partial charge in [-0.3, -0.25) is 14.5 Å². The molecule has 0 unspecified atom stereocenters. The summed E-state index contributed by atoms with van der Waals surface area (Å²) in [7, 11) is 3.37. The minimum atomic E-state index is -0.358. The number of carbonyl (C=O) groups is 2. The number of amides is 2. The van der Waals surface area contributed by atoms with E-state index in [9.17, 15) is 9.59 Å². The first-order valence-corrected chi connectivity index (χ1v) is 7.93. The van der Waals surface area contributed by atoms with E-state index in [-0.39, 0.29) is 23.9 Å². The summed E-state index contributed by atoms with van der Waals surface area (Å²) in [5.41, 5.74) is 1.15. The molecule has 2 amide bonds. The lowest BCUT2D eigenvalue weighted by Gasteiger charge is -2.47. The molecule has 0 saturated carbocycles. The first kappa shape index (κ1) is 15.8. The predicted molar refractivity (Wildman–Crippen MR) is 86.0 cm³/mol. The van der Waals surface area contributed by atoms with Gasteiger partial charge in [0, 0.05) is 33.2 Å². The van der Waals surface area contributed by atoms with E-state index in [0.29, 0.717) is 13.1 Å². The minimum absolute atomic E-state index is 0.0347. The van der Waals surface area contributed by atoms with Crippen LogP contribution >= 0.6 is 0 Å². The van der Waals surface area contributed by atoms with Crippen LogP contribution in [0.25, 0.3) is 0 Å². The van der Waals surface area contributed by atoms with E-state index in [2.05, 4.69) is 11.0 Å². The van der Waals surface area contributed by atoms with E-state index in [0.717, 1.165) is 24.4 Å². The van der Waals surface area contributed by atoms with Gasteiger partial charge in [-0.05, 0) is 24.6 Å². The summed E-state index contributed by atoms with van der Waals surface area (Å²) >= 11 is 0. The smallest absolute Gasteiger partial charge is 0.247 e. The number of fused-ring (bicyclic) bond motifs is 1. The fraction of sp³-hybridized carbons (Fsp3) is 0.529. The molecule has 6 nitrogen and oxygen atoms in total. The van der Waals surface area contributed by atoms with Crippen LogP contribution in [0.5, 0.6) is 5.75 Å². The van der Waals surface area contributed by atoms with Crippen LogP contribution in [0, 0.1) is 0 Å². The van der Waals surface area contributed by atoms with Gasteiger partial charge in [-0.2, -0.15) is 0 Å². The first-order valence-electron chi connectivity index (χ1n) is 7.93. The summed E-state index contributed by atoms with van der Waals surface area (Å²) in [6, 6.07) is 7.23. The second-order valence-corrected chi connectivity index (χ2v) is 6.26. The van der Waals surface area contributed by atoms with Crippen molar-refractivity contribution in [3.05, 3.63) is 29.8 Å². The maximum Gasteiger partial charge on any atom is 0.247 e. The second kappa shape index (κ2) is 6.20. The van der Waals surface area contributed by atoms with Gasteiger partial charge in [-0.25, -0.2) is 0 Å². The van der Waals surface area contributed by atoms with Gasteiger partial charge in [0.1, 0.15) is 17.8 Å². The van der Waals surface area contributed by atoms with Gasteiger partial charge in [0.15, 0.2) is 0 Å². The number of likely N-dealkylation sites (N-methyl/N-ethyl adjacent to an activating group) is 1. The number of carbonyl (C=O) groups excluding carboxylic acids is 2. The topological polar surface area (TPSA) is 53.1 Å². The van der Waals surface area contributed by atoms with Gasteiger partial charge in [-0.1, -0.05) is 12.1 Å². The molecule has 2 fully saturated rings. The van der Waals surface area contributed by atoms with Crippen LogP contribution in [0.1, 0.15) is 12.5 Å². The van der Waals surface area contributed by atoms with Crippen molar-refractivity contribution in [1.29, 1.82) is 0 Å². The fourth-order valence-electron chi connectivity index (χ4n) is 3.32. The molecule has 0 aliphatic carbocycles. The monoisotopic (exact) mass is 317 g/mol. The molecule has 0 aromatic heterocycles. The lowest BCUT2D eigenvalue weighted by Crippen LogP contribution is -2.68. The molecule has 2 atom stereocenters. The van der Waals surface area contributed by atoms with Crippen molar-refractivity contribution in [2.24, 2.45) is 0 Å². The van der Waals surface area contributed by atoms with Gasteiger partial charge in [0.2, 0.25) is 11.8 Å². The van der Waals surface area contributed by atoms with Gasteiger partial charge in [0.05, 0.1) is 7.11 Å². The molecule has 2 heterocycles. The molecule has 2 aliphatic rings. The minimum Gasteiger partial charge on any atom is -0.497 e. The number of benzene rings is 1. The highest BCUT2D eigenvalue weighted by Crippen LogP contribution is 2.22. The predicted octanol–water partition coefficient (Wildman–Crippen LogP) is 0.569. The highest BCUT2D eigenvalue weighted by molar-refractivity contribution is 5.96. The highest BCUT2D eigenvalue weighted by atomic mass is 16.5.